The standard InChI is InChI=1S/C27H29BN2O6/c1-34-25-12-10-22(11-13-25)23-9-5-8-21(14-23)17-35-18-24-16-27(36-30-24,26(31)29-19-28(32)33)15-20-6-3-2-4-7-20/h2-14,32-33H,15-19H2,1H3,(H,29,31). The van der Waals surface area contributed by atoms with E-state index in [0.717, 1.165) is 28.0 Å². The Kier molecular flexibility index (Phi) is 8.38. The van der Waals surface area contributed by atoms with Crippen LogP contribution in [0.5, 0.6) is 5.75 Å². The molecule has 0 saturated heterocycles. The predicted octanol–water partition coefficient (Wildman–Crippen LogP) is 2.76. The monoisotopic (exact) mass is 488 g/mol. The van der Waals surface area contributed by atoms with Crippen molar-refractivity contribution < 1.29 is 29.2 Å². The van der Waals surface area contributed by atoms with Gasteiger partial charge in [-0.2, -0.15) is 0 Å². The number of rotatable bonds is 11. The lowest BCUT2D eigenvalue weighted by molar-refractivity contribution is -0.143. The Labute approximate surface area is 210 Å². The summed E-state index contributed by atoms with van der Waals surface area (Å²) in [5.74, 6) is 0.354. The zero-order valence-electron chi connectivity index (χ0n) is 20.1. The molecular formula is C27H29BN2O6. The summed E-state index contributed by atoms with van der Waals surface area (Å²) < 4.78 is 11.1. The molecule has 0 saturated carbocycles. The van der Waals surface area contributed by atoms with Crippen molar-refractivity contribution in [1.82, 2.24) is 5.32 Å². The molecule has 0 aromatic heterocycles. The van der Waals surface area contributed by atoms with Gasteiger partial charge >= 0.3 is 7.12 Å². The van der Waals surface area contributed by atoms with Gasteiger partial charge in [0.1, 0.15) is 5.75 Å². The van der Waals surface area contributed by atoms with E-state index >= 15 is 0 Å². The molecular weight excluding hydrogens is 459 g/mol. The van der Waals surface area contributed by atoms with Gasteiger partial charge in [0.25, 0.3) is 5.91 Å². The van der Waals surface area contributed by atoms with Crippen molar-refractivity contribution in [3.8, 4) is 16.9 Å². The molecule has 3 aromatic rings. The van der Waals surface area contributed by atoms with Gasteiger partial charge in [-0.15, -0.1) is 0 Å². The van der Waals surface area contributed by atoms with E-state index in [-0.39, 0.29) is 25.9 Å². The fourth-order valence-corrected chi connectivity index (χ4v) is 4.10. The number of carbonyl (C=O) groups excluding carboxylic acids is 1. The predicted molar refractivity (Wildman–Crippen MR) is 137 cm³/mol. The van der Waals surface area contributed by atoms with E-state index in [0.29, 0.717) is 12.3 Å². The molecule has 1 aliphatic rings. The van der Waals surface area contributed by atoms with Crippen LogP contribution in [-0.2, 0) is 27.4 Å². The maximum absolute atomic E-state index is 12.9. The second-order valence-corrected chi connectivity index (χ2v) is 8.69. The van der Waals surface area contributed by atoms with Gasteiger partial charge in [-0.25, -0.2) is 0 Å². The highest BCUT2D eigenvalue weighted by molar-refractivity contribution is 6.41. The van der Waals surface area contributed by atoms with Crippen molar-refractivity contribution in [3.05, 3.63) is 90.0 Å². The molecule has 1 unspecified atom stereocenters. The van der Waals surface area contributed by atoms with Gasteiger partial charge in [-0.05, 0) is 40.5 Å². The second kappa shape index (κ2) is 11.9. The zero-order valence-corrected chi connectivity index (χ0v) is 20.1. The van der Waals surface area contributed by atoms with Crippen LogP contribution in [0, 0.1) is 0 Å². The van der Waals surface area contributed by atoms with E-state index < -0.39 is 18.6 Å². The number of hydrogen-bond donors (Lipinski definition) is 3. The zero-order chi connectivity index (χ0) is 25.4. The van der Waals surface area contributed by atoms with Gasteiger partial charge in [-0.3, -0.25) is 4.79 Å². The molecule has 0 spiro atoms. The number of ether oxygens (including phenoxy) is 2. The molecule has 9 heteroatoms. The van der Waals surface area contributed by atoms with Crippen LogP contribution in [0.2, 0.25) is 0 Å². The van der Waals surface area contributed by atoms with Gasteiger partial charge in [0.15, 0.2) is 0 Å². The largest absolute Gasteiger partial charge is 0.497 e. The van der Waals surface area contributed by atoms with Crippen molar-refractivity contribution in [2.75, 3.05) is 20.2 Å². The number of carbonyl (C=O) groups is 1. The SMILES string of the molecule is COc1ccc(-c2cccc(COCC3=NOC(Cc4ccccc4)(C(=O)NCB(O)O)C3)c2)cc1. The number of methoxy groups -OCH3 is 1. The summed E-state index contributed by atoms with van der Waals surface area (Å²) in [5.41, 5.74) is 3.40. The Morgan fingerprint density at radius 2 is 1.75 bits per heavy atom. The minimum Gasteiger partial charge on any atom is -0.497 e. The molecule has 3 aromatic carbocycles. The summed E-state index contributed by atoms with van der Waals surface area (Å²) in [6.07, 6.45) is 0.231. The Bertz CT molecular complexity index is 1190. The summed E-state index contributed by atoms with van der Waals surface area (Å²) in [7, 11) is -0.00822. The van der Waals surface area contributed by atoms with Gasteiger partial charge in [0, 0.05) is 12.8 Å². The minimum absolute atomic E-state index is 0.208. The van der Waals surface area contributed by atoms with Crippen molar-refractivity contribution >= 4 is 18.7 Å². The Hall–Kier alpha value is -3.66. The normalized spacial score (nSPS) is 16.7. The highest BCUT2D eigenvalue weighted by atomic mass is 16.7. The first-order valence-electron chi connectivity index (χ1n) is 11.7. The van der Waals surface area contributed by atoms with E-state index in [1.165, 1.54) is 0 Å². The number of hydrogen-bond acceptors (Lipinski definition) is 7. The highest BCUT2D eigenvalue weighted by Crippen LogP contribution is 2.29. The first-order valence-corrected chi connectivity index (χ1v) is 11.7. The Morgan fingerprint density at radius 3 is 2.47 bits per heavy atom. The van der Waals surface area contributed by atoms with Crippen LogP contribution in [0.25, 0.3) is 11.1 Å². The molecule has 1 aliphatic heterocycles. The van der Waals surface area contributed by atoms with Gasteiger partial charge < -0.3 is 29.7 Å². The van der Waals surface area contributed by atoms with Crippen LogP contribution in [-0.4, -0.2) is 54.5 Å². The van der Waals surface area contributed by atoms with E-state index in [4.69, 9.17) is 24.4 Å². The average molecular weight is 488 g/mol. The third kappa shape index (κ3) is 6.51. The van der Waals surface area contributed by atoms with E-state index in [9.17, 15) is 4.79 Å². The van der Waals surface area contributed by atoms with E-state index in [1.807, 2.05) is 72.8 Å². The quantitative estimate of drug-likeness (QED) is 0.358. The molecule has 4 rings (SSSR count). The molecule has 0 fully saturated rings. The van der Waals surface area contributed by atoms with Gasteiger partial charge in [0.2, 0.25) is 5.60 Å². The third-order valence-electron chi connectivity index (χ3n) is 5.92. The molecule has 8 nitrogen and oxygen atoms in total. The van der Waals surface area contributed by atoms with Crippen LogP contribution in [0.4, 0.5) is 0 Å². The van der Waals surface area contributed by atoms with Crippen LogP contribution in [0.3, 0.4) is 0 Å². The number of amides is 1. The third-order valence-corrected chi connectivity index (χ3v) is 5.92. The maximum Gasteiger partial charge on any atom is 0.472 e. The first kappa shape index (κ1) is 25.4. The van der Waals surface area contributed by atoms with Gasteiger partial charge in [-0.1, -0.05) is 65.8 Å². The molecule has 0 bridgehead atoms. The maximum atomic E-state index is 12.9. The Morgan fingerprint density at radius 1 is 1.00 bits per heavy atom. The number of nitrogens with one attached hydrogen (secondary N) is 1. The fourth-order valence-electron chi connectivity index (χ4n) is 4.10. The molecule has 1 heterocycles. The first-order chi connectivity index (χ1) is 17.5. The second-order valence-electron chi connectivity index (χ2n) is 8.69. The van der Waals surface area contributed by atoms with Crippen molar-refractivity contribution in [2.45, 2.75) is 25.0 Å². The van der Waals surface area contributed by atoms with Crippen LogP contribution in [0.1, 0.15) is 17.5 Å². The molecule has 0 radical (unpaired) electrons. The lowest BCUT2D eigenvalue weighted by Gasteiger charge is -2.25. The summed E-state index contributed by atoms with van der Waals surface area (Å²) in [6, 6.07) is 25.4. The number of oxime groups is 1. The fraction of sp³-hybridized carbons (Fsp3) is 0.259. The molecule has 186 valence electrons. The van der Waals surface area contributed by atoms with Crippen molar-refractivity contribution in [3.63, 3.8) is 0 Å². The van der Waals surface area contributed by atoms with Crippen LogP contribution in [0.15, 0.2) is 84.0 Å². The van der Waals surface area contributed by atoms with E-state index in [1.54, 1.807) is 7.11 Å². The Balaban J connectivity index is 1.37. The van der Waals surface area contributed by atoms with Crippen molar-refractivity contribution in [2.24, 2.45) is 5.16 Å². The van der Waals surface area contributed by atoms with Gasteiger partial charge in [0.05, 0.1) is 32.5 Å². The number of nitrogens with zero attached hydrogens (tertiary/aromatic N) is 1. The molecule has 3 N–H and O–H groups in total. The highest BCUT2D eigenvalue weighted by Gasteiger charge is 2.46. The topological polar surface area (TPSA) is 110 Å². The lowest BCUT2D eigenvalue weighted by Crippen LogP contribution is -2.51. The smallest absolute Gasteiger partial charge is 0.472 e. The molecule has 1 amide bonds. The average Bonchev–Trinajstić information content (AvgIpc) is 3.32. The van der Waals surface area contributed by atoms with E-state index in [2.05, 4.69) is 16.5 Å². The van der Waals surface area contributed by atoms with Crippen LogP contribution < -0.4 is 10.1 Å². The number of benzene rings is 3. The molecule has 36 heavy (non-hydrogen) atoms. The molecule has 0 aliphatic carbocycles. The van der Waals surface area contributed by atoms with Crippen molar-refractivity contribution in [1.29, 1.82) is 0 Å². The van der Waals surface area contributed by atoms with Crippen LogP contribution >= 0.6 is 0 Å². The summed E-state index contributed by atoms with van der Waals surface area (Å²) in [4.78, 5) is 18.6. The molecule has 1 atom stereocenters. The summed E-state index contributed by atoms with van der Waals surface area (Å²) in [6.45, 7) is 0.580. The summed E-state index contributed by atoms with van der Waals surface area (Å²) >= 11 is 0. The lowest BCUT2D eigenvalue weighted by atomic mass is 9.87. The summed E-state index contributed by atoms with van der Waals surface area (Å²) in [5, 5.41) is 25.0. The minimum atomic E-state index is -1.65.